The number of likely N-dealkylation sites (tertiary alicyclic amines) is 1. The van der Waals surface area contributed by atoms with Crippen molar-refractivity contribution in [3.05, 3.63) is 84.2 Å². The van der Waals surface area contributed by atoms with E-state index in [0.29, 0.717) is 13.0 Å². The Kier molecular flexibility index (Phi) is 5.54. The summed E-state index contributed by atoms with van der Waals surface area (Å²) in [5.41, 5.74) is 4.69. The number of fused-ring (bicyclic) bond motifs is 1. The molecule has 1 unspecified atom stereocenters. The topological polar surface area (TPSA) is 75.4 Å². The lowest BCUT2D eigenvalue weighted by molar-refractivity contribution is -0.131. The van der Waals surface area contributed by atoms with Crippen LogP contribution in [0.3, 0.4) is 0 Å². The molecule has 7 heteroatoms. The van der Waals surface area contributed by atoms with E-state index in [9.17, 15) is 4.79 Å². The first-order chi connectivity index (χ1) is 15.7. The van der Waals surface area contributed by atoms with E-state index in [2.05, 4.69) is 26.3 Å². The van der Waals surface area contributed by atoms with Crippen molar-refractivity contribution in [3.63, 3.8) is 0 Å². The molecule has 4 aromatic heterocycles. The summed E-state index contributed by atoms with van der Waals surface area (Å²) >= 11 is 0. The molecule has 4 aromatic rings. The maximum atomic E-state index is 13.1. The van der Waals surface area contributed by atoms with Crippen molar-refractivity contribution >= 4 is 23.1 Å². The molecule has 5 heterocycles. The molecule has 0 saturated carbocycles. The Morgan fingerprint density at radius 1 is 1.12 bits per heavy atom. The predicted octanol–water partition coefficient (Wildman–Crippen LogP) is 4.13. The number of carbonyl (C=O) groups is 1. The standard InChI is InChI=1S/C25H26N6O/c1-18-22(31-14-5-3-9-24(31)28-18)15-25(32)30-13-6-7-19(17-30)21-11-10-20(16-27-21)29-23-8-2-4-12-26-23/h2-5,8-12,14,16,19H,6-7,13,15,17H2,1H3,(H,26,29). The van der Waals surface area contributed by atoms with E-state index in [1.54, 1.807) is 6.20 Å². The molecule has 1 amide bonds. The second kappa shape index (κ2) is 8.78. The van der Waals surface area contributed by atoms with Crippen molar-refractivity contribution in [2.45, 2.75) is 32.1 Å². The highest BCUT2D eigenvalue weighted by molar-refractivity contribution is 5.79. The number of hydrogen-bond acceptors (Lipinski definition) is 5. The van der Waals surface area contributed by atoms with Gasteiger partial charge in [0.05, 0.1) is 29.7 Å². The van der Waals surface area contributed by atoms with Crippen LogP contribution < -0.4 is 5.32 Å². The Morgan fingerprint density at radius 2 is 2.03 bits per heavy atom. The minimum atomic E-state index is 0.150. The summed E-state index contributed by atoms with van der Waals surface area (Å²) in [5, 5.41) is 3.26. The van der Waals surface area contributed by atoms with Gasteiger partial charge in [0, 0.05) is 37.1 Å². The van der Waals surface area contributed by atoms with Crippen LogP contribution in [0.1, 0.15) is 35.8 Å². The maximum Gasteiger partial charge on any atom is 0.228 e. The summed E-state index contributed by atoms with van der Waals surface area (Å²) in [6.07, 6.45) is 7.96. The van der Waals surface area contributed by atoms with E-state index < -0.39 is 0 Å². The minimum Gasteiger partial charge on any atom is -0.342 e. The average molecular weight is 427 g/mol. The first-order valence-corrected chi connectivity index (χ1v) is 11.0. The van der Waals surface area contributed by atoms with Gasteiger partial charge in [-0.1, -0.05) is 12.1 Å². The van der Waals surface area contributed by atoms with Crippen LogP contribution >= 0.6 is 0 Å². The number of amides is 1. The number of rotatable bonds is 5. The summed E-state index contributed by atoms with van der Waals surface area (Å²) in [7, 11) is 0. The number of carbonyl (C=O) groups excluding carboxylic acids is 1. The number of nitrogens with zero attached hydrogens (tertiary/aromatic N) is 5. The van der Waals surface area contributed by atoms with Gasteiger partial charge in [-0.25, -0.2) is 9.97 Å². The Bertz CT molecular complexity index is 1220. The van der Waals surface area contributed by atoms with Gasteiger partial charge in [-0.05, 0) is 56.2 Å². The SMILES string of the molecule is Cc1nc2ccccn2c1CC(=O)N1CCCC(c2ccc(Nc3ccccn3)cn2)C1. The monoisotopic (exact) mass is 426 g/mol. The van der Waals surface area contributed by atoms with E-state index in [1.807, 2.05) is 71.1 Å². The average Bonchev–Trinajstić information content (AvgIpc) is 3.15. The number of imidazole rings is 1. The highest BCUT2D eigenvalue weighted by atomic mass is 16.2. The quantitative estimate of drug-likeness (QED) is 0.519. The third kappa shape index (κ3) is 4.19. The summed E-state index contributed by atoms with van der Waals surface area (Å²) in [5.74, 6) is 1.19. The van der Waals surface area contributed by atoms with Crippen LogP contribution in [-0.2, 0) is 11.2 Å². The molecule has 1 fully saturated rings. The molecule has 1 aliphatic rings. The molecule has 0 spiro atoms. The number of nitrogens with one attached hydrogen (secondary N) is 1. The second-order valence-electron chi connectivity index (χ2n) is 8.24. The zero-order valence-electron chi connectivity index (χ0n) is 18.1. The number of aromatic nitrogens is 4. The van der Waals surface area contributed by atoms with Gasteiger partial charge in [-0.2, -0.15) is 0 Å². The van der Waals surface area contributed by atoms with Crippen molar-refractivity contribution < 1.29 is 4.79 Å². The van der Waals surface area contributed by atoms with Crippen LogP contribution in [0.5, 0.6) is 0 Å². The predicted molar refractivity (Wildman–Crippen MR) is 124 cm³/mol. The van der Waals surface area contributed by atoms with Gasteiger partial charge in [-0.15, -0.1) is 0 Å². The van der Waals surface area contributed by atoms with Gasteiger partial charge in [-0.3, -0.25) is 9.78 Å². The molecule has 1 aliphatic heterocycles. The van der Waals surface area contributed by atoms with Gasteiger partial charge in [0.25, 0.3) is 0 Å². The molecule has 32 heavy (non-hydrogen) atoms. The van der Waals surface area contributed by atoms with Crippen molar-refractivity contribution in [2.24, 2.45) is 0 Å². The molecule has 162 valence electrons. The van der Waals surface area contributed by atoms with E-state index in [4.69, 9.17) is 0 Å². The normalized spacial score (nSPS) is 16.3. The lowest BCUT2D eigenvalue weighted by Crippen LogP contribution is -2.40. The van der Waals surface area contributed by atoms with Crippen molar-refractivity contribution in [2.75, 3.05) is 18.4 Å². The molecule has 0 bridgehead atoms. The fraction of sp³-hybridized carbons (Fsp3) is 0.280. The smallest absolute Gasteiger partial charge is 0.228 e. The van der Waals surface area contributed by atoms with Crippen LogP contribution in [-0.4, -0.2) is 43.2 Å². The summed E-state index contributed by atoms with van der Waals surface area (Å²) < 4.78 is 2.02. The van der Waals surface area contributed by atoms with Gasteiger partial charge < -0.3 is 14.6 Å². The lowest BCUT2D eigenvalue weighted by atomic mass is 9.94. The molecule has 1 saturated heterocycles. The van der Waals surface area contributed by atoms with E-state index in [1.165, 1.54) is 0 Å². The minimum absolute atomic E-state index is 0.150. The van der Waals surface area contributed by atoms with E-state index in [0.717, 1.165) is 53.6 Å². The second-order valence-corrected chi connectivity index (χ2v) is 8.24. The van der Waals surface area contributed by atoms with Gasteiger partial charge >= 0.3 is 0 Å². The van der Waals surface area contributed by atoms with Gasteiger partial charge in [0.1, 0.15) is 11.5 Å². The lowest BCUT2D eigenvalue weighted by Gasteiger charge is -2.32. The molecular formula is C25H26N6O. The molecular weight excluding hydrogens is 400 g/mol. The number of piperidine rings is 1. The molecule has 0 aromatic carbocycles. The third-order valence-electron chi connectivity index (χ3n) is 6.06. The molecule has 5 rings (SSSR count). The Balaban J connectivity index is 1.26. The molecule has 7 nitrogen and oxygen atoms in total. The number of aryl methyl sites for hydroxylation is 1. The zero-order chi connectivity index (χ0) is 21.9. The fourth-order valence-corrected chi connectivity index (χ4v) is 4.38. The summed E-state index contributed by atoms with van der Waals surface area (Å²) in [6, 6.07) is 15.7. The Labute approximate surface area is 187 Å². The van der Waals surface area contributed by atoms with Gasteiger partial charge in [0.15, 0.2) is 0 Å². The third-order valence-corrected chi connectivity index (χ3v) is 6.06. The number of anilines is 2. The van der Waals surface area contributed by atoms with Crippen LogP contribution in [0.2, 0.25) is 0 Å². The largest absolute Gasteiger partial charge is 0.342 e. The van der Waals surface area contributed by atoms with Crippen molar-refractivity contribution in [1.82, 2.24) is 24.3 Å². The summed E-state index contributed by atoms with van der Waals surface area (Å²) in [6.45, 7) is 3.47. The van der Waals surface area contributed by atoms with Crippen molar-refractivity contribution in [1.29, 1.82) is 0 Å². The van der Waals surface area contributed by atoms with Crippen LogP contribution in [0.15, 0.2) is 67.1 Å². The first-order valence-electron chi connectivity index (χ1n) is 11.0. The maximum absolute atomic E-state index is 13.1. The number of hydrogen-bond donors (Lipinski definition) is 1. The highest BCUT2D eigenvalue weighted by Gasteiger charge is 2.26. The van der Waals surface area contributed by atoms with Crippen molar-refractivity contribution in [3.8, 4) is 0 Å². The molecule has 1 atom stereocenters. The molecule has 1 N–H and O–H groups in total. The van der Waals surface area contributed by atoms with Crippen LogP contribution in [0.4, 0.5) is 11.5 Å². The zero-order valence-corrected chi connectivity index (χ0v) is 18.1. The van der Waals surface area contributed by atoms with E-state index >= 15 is 0 Å². The van der Waals surface area contributed by atoms with Gasteiger partial charge in [0.2, 0.25) is 5.91 Å². The highest BCUT2D eigenvalue weighted by Crippen LogP contribution is 2.27. The number of pyridine rings is 3. The summed E-state index contributed by atoms with van der Waals surface area (Å²) in [4.78, 5) is 28.7. The molecule has 0 radical (unpaired) electrons. The first kappa shape index (κ1) is 20.2. The fourth-order valence-electron chi connectivity index (χ4n) is 4.38. The van der Waals surface area contributed by atoms with E-state index in [-0.39, 0.29) is 11.8 Å². The Hall–Kier alpha value is -3.74. The molecule has 0 aliphatic carbocycles. The van der Waals surface area contributed by atoms with Crippen LogP contribution in [0, 0.1) is 6.92 Å². The van der Waals surface area contributed by atoms with Crippen LogP contribution in [0.25, 0.3) is 5.65 Å². The Morgan fingerprint density at radius 3 is 2.84 bits per heavy atom.